The van der Waals surface area contributed by atoms with Crippen LogP contribution in [0.3, 0.4) is 0 Å². The number of carboxylic acid groups (broad SMARTS) is 2. The minimum absolute atomic E-state index is 0.00486. The molecule has 0 amide bonds. The molecule has 2 aromatic heterocycles. The van der Waals surface area contributed by atoms with E-state index in [2.05, 4.69) is 25.1 Å². The number of hydrogen-bond donors (Lipinski definition) is 3. The van der Waals surface area contributed by atoms with Gasteiger partial charge in [0.2, 0.25) is 0 Å². The second-order valence-corrected chi connectivity index (χ2v) is 9.39. The van der Waals surface area contributed by atoms with Crippen molar-refractivity contribution >= 4 is 17.6 Å². The molecule has 0 saturated carbocycles. The minimum atomic E-state index is -1.07. The second-order valence-electron chi connectivity index (χ2n) is 9.39. The zero-order valence-electron chi connectivity index (χ0n) is 23.6. The van der Waals surface area contributed by atoms with E-state index in [0.29, 0.717) is 110 Å². The number of aromatic carboxylic acids is 2. The van der Waals surface area contributed by atoms with Gasteiger partial charge in [0.05, 0.1) is 64.2 Å². The van der Waals surface area contributed by atoms with Crippen molar-refractivity contribution in [2.24, 2.45) is 0 Å². The Morgan fingerprint density at radius 2 is 1.22 bits per heavy atom. The van der Waals surface area contributed by atoms with E-state index in [-0.39, 0.29) is 11.4 Å². The molecular formula is C28H41N5O8. The molecule has 1 fully saturated rings. The van der Waals surface area contributed by atoms with Crippen LogP contribution in [0.2, 0.25) is 0 Å². The number of carbonyl (C=O) groups is 2. The number of anilines is 1. The van der Waals surface area contributed by atoms with Gasteiger partial charge in [0, 0.05) is 51.5 Å². The van der Waals surface area contributed by atoms with Crippen LogP contribution in [0, 0.1) is 0 Å². The fourth-order valence-electron chi connectivity index (χ4n) is 4.19. The molecule has 0 aromatic carbocycles. The molecule has 3 N–H and O–H groups in total. The summed E-state index contributed by atoms with van der Waals surface area (Å²) in [7, 11) is 0. The molecule has 0 radical (unpaired) electrons. The number of aromatic nitrogens is 2. The van der Waals surface area contributed by atoms with E-state index >= 15 is 0 Å². The molecular weight excluding hydrogens is 534 g/mol. The fraction of sp³-hybridized carbons (Fsp3) is 0.571. The first-order valence-corrected chi connectivity index (χ1v) is 13.9. The topological polar surface area (TPSA) is 156 Å². The lowest BCUT2D eigenvalue weighted by molar-refractivity contribution is 0.00597. The van der Waals surface area contributed by atoms with Crippen LogP contribution in [-0.2, 0) is 32.0 Å². The molecule has 0 spiro atoms. The molecule has 13 nitrogen and oxygen atoms in total. The van der Waals surface area contributed by atoms with Crippen LogP contribution in [0.15, 0.2) is 30.3 Å². The Labute approximate surface area is 240 Å². The van der Waals surface area contributed by atoms with Crippen LogP contribution >= 0.6 is 0 Å². The van der Waals surface area contributed by atoms with E-state index in [9.17, 15) is 19.8 Å². The lowest BCUT2D eigenvalue weighted by Gasteiger charge is -2.23. The largest absolute Gasteiger partial charge is 0.477 e. The van der Waals surface area contributed by atoms with Crippen molar-refractivity contribution in [2.75, 3.05) is 90.9 Å². The number of carboxylic acids is 2. The fourth-order valence-corrected chi connectivity index (χ4v) is 4.19. The first kappa shape index (κ1) is 32.3. The van der Waals surface area contributed by atoms with Crippen LogP contribution in [0.25, 0.3) is 0 Å². The van der Waals surface area contributed by atoms with Gasteiger partial charge in [-0.3, -0.25) is 9.80 Å². The predicted molar refractivity (Wildman–Crippen MR) is 150 cm³/mol. The zero-order valence-corrected chi connectivity index (χ0v) is 23.6. The summed E-state index contributed by atoms with van der Waals surface area (Å²) in [6, 6.07) is 8.39. The molecule has 1 saturated heterocycles. The molecule has 0 bridgehead atoms. The lowest BCUT2D eigenvalue weighted by Crippen LogP contribution is -2.33. The Kier molecular flexibility index (Phi) is 14.4. The summed E-state index contributed by atoms with van der Waals surface area (Å²) in [5.74, 6) is -2.12. The minimum Gasteiger partial charge on any atom is -0.477 e. The summed E-state index contributed by atoms with van der Waals surface area (Å²) in [6.45, 7) is 9.73. The number of rotatable bonds is 8. The number of nitrogens with zero attached hydrogens (tertiary/aromatic N) is 4. The summed E-state index contributed by atoms with van der Waals surface area (Å²) in [6.07, 6.45) is 0. The first-order chi connectivity index (χ1) is 19.9. The third-order valence-electron chi connectivity index (χ3n) is 6.23. The van der Waals surface area contributed by atoms with Crippen molar-refractivity contribution < 1.29 is 38.7 Å². The Morgan fingerprint density at radius 3 is 1.71 bits per heavy atom. The van der Waals surface area contributed by atoms with Crippen molar-refractivity contribution in [2.45, 2.75) is 20.0 Å². The molecule has 0 atom stereocenters. The number of nitrogens with one attached hydrogen (secondary N) is 1. The summed E-state index contributed by atoms with van der Waals surface area (Å²) in [5.41, 5.74) is 2.08. The Hall–Kier alpha value is -3.20. The Morgan fingerprint density at radius 1 is 0.732 bits per heavy atom. The standard InChI is InChI=1S/C28H41N5O8/c1-2-29-23-18-24(31-26(19-23)28(36)37)21-33-8-12-40-16-14-38-10-6-32(7-11-39-15-17-41-13-9-33)20-22-4-3-5-25(30-22)27(34)35/h3-5,18-19H,2,6-17,20-21H2,1H3,(H,29,31)(H,34,35)(H,36,37). The second kappa shape index (κ2) is 18.3. The van der Waals surface area contributed by atoms with Gasteiger partial charge in [-0.2, -0.15) is 0 Å². The quantitative estimate of drug-likeness (QED) is 0.418. The number of pyridine rings is 2. The molecule has 2 aromatic rings. The van der Waals surface area contributed by atoms with E-state index < -0.39 is 11.9 Å². The SMILES string of the molecule is CCNc1cc(CN2CCOCCOCCN(Cc3cccc(C(=O)O)n3)CCOCCOCC2)nc(C(=O)O)c1. The van der Waals surface area contributed by atoms with Gasteiger partial charge in [0.1, 0.15) is 5.69 Å². The zero-order chi connectivity index (χ0) is 29.3. The maximum atomic E-state index is 11.6. The highest BCUT2D eigenvalue weighted by molar-refractivity contribution is 5.86. The smallest absolute Gasteiger partial charge is 0.354 e. The molecule has 3 heterocycles. The van der Waals surface area contributed by atoms with Gasteiger partial charge in [0.15, 0.2) is 5.69 Å². The number of hydrogen-bond acceptors (Lipinski definition) is 11. The van der Waals surface area contributed by atoms with Crippen LogP contribution in [0.1, 0.15) is 39.3 Å². The van der Waals surface area contributed by atoms with Crippen molar-refractivity contribution in [1.82, 2.24) is 19.8 Å². The highest BCUT2D eigenvalue weighted by Gasteiger charge is 2.14. The molecule has 41 heavy (non-hydrogen) atoms. The maximum absolute atomic E-state index is 11.6. The van der Waals surface area contributed by atoms with E-state index in [1.807, 2.05) is 19.1 Å². The molecule has 13 heteroatoms. The van der Waals surface area contributed by atoms with Crippen molar-refractivity contribution in [3.8, 4) is 0 Å². The van der Waals surface area contributed by atoms with Gasteiger partial charge in [-0.1, -0.05) is 6.07 Å². The van der Waals surface area contributed by atoms with Gasteiger partial charge in [-0.05, 0) is 31.2 Å². The molecule has 0 unspecified atom stereocenters. The van der Waals surface area contributed by atoms with E-state index in [4.69, 9.17) is 18.9 Å². The Bertz CT molecular complexity index is 1070. The van der Waals surface area contributed by atoms with E-state index in [1.54, 1.807) is 6.07 Å². The summed E-state index contributed by atoms with van der Waals surface area (Å²) in [5, 5.41) is 21.9. The lowest BCUT2D eigenvalue weighted by atomic mass is 10.2. The Balaban J connectivity index is 1.52. The average Bonchev–Trinajstić information content (AvgIpc) is 2.95. The van der Waals surface area contributed by atoms with Crippen LogP contribution in [-0.4, -0.2) is 127 Å². The van der Waals surface area contributed by atoms with Crippen molar-refractivity contribution in [1.29, 1.82) is 0 Å². The van der Waals surface area contributed by atoms with Crippen LogP contribution in [0.4, 0.5) is 5.69 Å². The normalized spacial score (nSPS) is 17.8. The summed E-state index contributed by atoms with van der Waals surface area (Å²) in [4.78, 5) is 35.6. The summed E-state index contributed by atoms with van der Waals surface area (Å²) < 4.78 is 23.1. The third kappa shape index (κ3) is 12.5. The van der Waals surface area contributed by atoms with E-state index in [0.717, 1.165) is 5.69 Å². The van der Waals surface area contributed by atoms with Gasteiger partial charge in [-0.25, -0.2) is 19.6 Å². The maximum Gasteiger partial charge on any atom is 0.354 e. The van der Waals surface area contributed by atoms with Crippen LogP contribution in [0.5, 0.6) is 0 Å². The highest BCUT2D eigenvalue weighted by atomic mass is 16.5. The predicted octanol–water partition coefficient (Wildman–Crippen LogP) is 1.69. The molecule has 1 aliphatic heterocycles. The van der Waals surface area contributed by atoms with E-state index in [1.165, 1.54) is 12.1 Å². The summed E-state index contributed by atoms with van der Waals surface area (Å²) >= 11 is 0. The van der Waals surface area contributed by atoms with Gasteiger partial charge < -0.3 is 34.5 Å². The molecule has 1 aliphatic rings. The highest BCUT2D eigenvalue weighted by Crippen LogP contribution is 2.14. The van der Waals surface area contributed by atoms with Gasteiger partial charge in [0.25, 0.3) is 0 Å². The van der Waals surface area contributed by atoms with Crippen LogP contribution < -0.4 is 5.32 Å². The average molecular weight is 576 g/mol. The third-order valence-corrected chi connectivity index (χ3v) is 6.23. The molecule has 3 rings (SSSR count). The molecule has 226 valence electrons. The number of ether oxygens (including phenoxy) is 4. The van der Waals surface area contributed by atoms with Gasteiger partial charge >= 0.3 is 11.9 Å². The van der Waals surface area contributed by atoms with Crippen molar-refractivity contribution in [3.63, 3.8) is 0 Å². The monoisotopic (exact) mass is 575 g/mol. The first-order valence-electron chi connectivity index (χ1n) is 13.9. The van der Waals surface area contributed by atoms with Gasteiger partial charge in [-0.15, -0.1) is 0 Å². The molecule has 0 aliphatic carbocycles. The van der Waals surface area contributed by atoms with Crippen molar-refractivity contribution in [3.05, 3.63) is 53.1 Å².